The van der Waals surface area contributed by atoms with Crippen LogP contribution in [0.25, 0.3) is 0 Å². The number of nitrogens with zero attached hydrogens (tertiary/aromatic N) is 1. The highest BCUT2D eigenvalue weighted by molar-refractivity contribution is 9.11. The van der Waals surface area contributed by atoms with Gasteiger partial charge in [0.15, 0.2) is 0 Å². The molecule has 3 atom stereocenters. The first kappa shape index (κ1) is 13.6. The molecule has 1 aromatic rings. The molecule has 0 aromatic heterocycles. The first-order valence-corrected chi connectivity index (χ1v) is 8.13. The lowest BCUT2D eigenvalue weighted by atomic mass is 9.95. The van der Waals surface area contributed by atoms with Crippen LogP contribution in [0.1, 0.15) is 17.3 Å². The molecule has 0 bridgehead atoms. The van der Waals surface area contributed by atoms with Crippen molar-refractivity contribution in [1.82, 2.24) is 10.2 Å². The minimum absolute atomic E-state index is 0.140. The number of nitrogens with one attached hydrogen (secondary N) is 1. The van der Waals surface area contributed by atoms with Gasteiger partial charge in [-0.25, -0.2) is 0 Å². The Labute approximate surface area is 130 Å². The van der Waals surface area contributed by atoms with Crippen molar-refractivity contribution in [3.63, 3.8) is 0 Å². The Morgan fingerprint density at radius 1 is 1.37 bits per heavy atom. The molecule has 3 rings (SSSR count). The van der Waals surface area contributed by atoms with E-state index in [1.165, 1.54) is 0 Å². The first-order valence-electron chi connectivity index (χ1n) is 6.54. The Morgan fingerprint density at radius 2 is 2.16 bits per heavy atom. The van der Waals surface area contributed by atoms with Crippen LogP contribution in [0.3, 0.4) is 0 Å². The molecule has 3 nitrogen and oxygen atoms in total. The average Bonchev–Trinajstić information content (AvgIpc) is 2.92. The first-order chi connectivity index (χ1) is 9.08. The number of amides is 1. The van der Waals surface area contributed by atoms with E-state index in [-0.39, 0.29) is 5.91 Å². The molecule has 3 unspecified atom stereocenters. The third kappa shape index (κ3) is 2.36. The Kier molecular flexibility index (Phi) is 3.71. The van der Waals surface area contributed by atoms with Crippen molar-refractivity contribution >= 4 is 37.8 Å². The summed E-state index contributed by atoms with van der Waals surface area (Å²) in [5.41, 5.74) is 0.753. The third-order valence-electron chi connectivity index (χ3n) is 4.36. The number of rotatable bonds is 1. The second-order valence-corrected chi connectivity index (χ2v) is 7.17. The van der Waals surface area contributed by atoms with Crippen molar-refractivity contribution in [2.75, 3.05) is 19.6 Å². The zero-order valence-electron chi connectivity index (χ0n) is 10.7. The zero-order chi connectivity index (χ0) is 13.6. The lowest BCUT2D eigenvalue weighted by Crippen LogP contribution is -2.38. The number of halogens is 2. The van der Waals surface area contributed by atoms with Gasteiger partial charge in [0.2, 0.25) is 0 Å². The van der Waals surface area contributed by atoms with E-state index in [1.54, 1.807) is 0 Å². The molecular weight excluding hydrogens is 372 g/mol. The van der Waals surface area contributed by atoms with Gasteiger partial charge in [-0.3, -0.25) is 4.79 Å². The molecule has 1 amide bonds. The van der Waals surface area contributed by atoms with Gasteiger partial charge >= 0.3 is 0 Å². The largest absolute Gasteiger partial charge is 0.335 e. The van der Waals surface area contributed by atoms with E-state index in [0.29, 0.717) is 17.9 Å². The van der Waals surface area contributed by atoms with E-state index in [4.69, 9.17) is 0 Å². The molecule has 0 spiro atoms. The fraction of sp³-hybridized carbons (Fsp3) is 0.500. The topological polar surface area (TPSA) is 32.3 Å². The van der Waals surface area contributed by atoms with Gasteiger partial charge in [0.25, 0.3) is 5.91 Å². The normalized spacial score (nSPS) is 29.6. The van der Waals surface area contributed by atoms with E-state index in [0.717, 1.165) is 34.1 Å². The molecule has 19 heavy (non-hydrogen) atoms. The summed E-state index contributed by atoms with van der Waals surface area (Å²) in [5.74, 6) is 1.37. The Balaban J connectivity index is 1.84. The van der Waals surface area contributed by atoms with E-state index >= 15 is 0 Å². The van der Waals surface area contributed by atoms with E-state index in [1.807, 2.05) is 23.1 Å². The second kappa shape index (κ2) is 5.19. The van der Waals surface area contributed by atoms with Gasteiger partial charge < -0.3 is 10.2 Å². The van der Waals surface area contributed by atoms with Crippen LogP contribution in [-0.4, -0.2) is 36.5 Å². The number of hydrogen-bond acceptors (Lipinski definition) is 2. The van der Waals surface area contributed by atoms with Crippen LogP contribution >= 0.6 is 31.9 Å². The Hall–Kier alpha value is -0.390. The number of likely N-dealkylation sites (tertiary alicyclic amines) is 1. The molecule has 1 aromatic carbocycles. The molecule has 2 aliphatic rings. The number of carbonyl (C=O) groups excluding carboxylic acids is 1. The molecule has 0 saturated carbocycles. The molecule has 2 heterocycles. The summed E-state index contributed by atoms with van der Waals surface area (Å²) in [6, 6.07) is 6.05. The van der Waals surface area contributed by atoms with Crippen LogP contribution in [0.15, 0.2) is 27.1 Å². The van der Waals surface area contributed by atoms with Crippen molar-refractivity contribution in [3.05, 3.63) is 32.7 Å². The third-order valence-corrected chi connectivity index (χ3v) is 5.51. The Bertz CT molecular complexity index is 520. The van der Waals surface area contributed by atoms with Crippen molar-refractivity contribution < 1.29 is 4.79 Å². The van der Waals surface area contributed by atoms with Gasteiger partial charge in [0, 0.05) is 34.6 Å². The molecule has 0 aliphatic carbocycles. The van der Waals surface area contributed by atoms with E-state index in [9.17, 15) is 4.79 Å². The maximum absolute atomic E-state index is 12.7. The molecular formula is C14H16Br2N2O. The van der Waals surface area contributed by atoms with Gasteiger partial charge in [-0.1, -0.05) is 15.9 Å². The predicted molar refractivity (Wildman–Crippen MR) is 82.2 cm³/mol. The van der Waals surface area contributed by atoms with Gasteiger partial charge in [0.05, 0.1) is 5.56 Å². The monoisotopic (exact) mass is 386 g/mol. The van der Waals surface area contributed by atoms with Crippen LogP contribution in [0, 0.1) is 11.8 Å². The van der Waals surface area contributed by atoms with Crippen LogP contribution in [-0.2, 0) is 0 Å². The second-order valence-electron chi connectivity index (χ2n) is 5.40. The molecule has 2 fully saturated rings. The van der Waals surface area contributed by atoms with Crippen LogP contribution < -0.4 is 5.32 Å². The predicted octanol–water partition coefficient (Wildman–Crippen LogP) is 2.89. The number of carbonyl (C=O) groups is 1. The summed E-state index contributed by atoms with van der Waals surface area (Å²) in [4.78, 5) is 14.7. The highest BCUT2D eigenvalue weighted by Crippen LogP contribution is 2.34. The molecule has 0 radical (unpaired) electrons. The lowest BCUT2D eigenvalue weighted by molar-refractivity contribution is 0.0727. The van der Waals surface area contributed by atoms with Gasteiger partial charge in [0.1, 0.15) is 0 Å². The van der Waals surface area contributed by atoms with Crippen LogP contribution in [0.5, 0.6) is 0 Å². The summed E-state index contributed by atoms with van der Waals surface area (Å²) in [7, 11) is 0. The van der Waals surface area contributed by atoms with Crippen molar-refractivity contribution in [2.45, 2.75) is 13.0 Å². The highest BCUT2D eigenvalue weighted by atomic mass is 79.9. The fourth-order valence-electron chi connectivity index (χ4n) is 3.25. The van der Waals surface area contributed by atoms with Gasteiger partial charge in [-0.2, -0.15) is 0 Å². The molecule has 102 valence electrons. The van der Waals surface area contributed by atoms with Gasteiger partial charge in [-0.05, 0) is 52.9 Å². The smallest absolute Gasteiger partial charge is 0.255 e. The lowest BCUT2D eigenvalue weighted by Gasteiger charge is -2.25. The number of fused-ring (bicyclic) bond motifs is 1. The van der Waals surface area contributed by atoms with Crippen molar-refractivity contribution in [1.29, 1.82) is 0 Å². The summed E-state index contributed by atoms with van der Waals surface area (Å²) >= 11 is 6.90. The summed E-state index contributed by atoms with van der Waals surface area (Å²) in [5, 5.41) is 3.42. The standard InChI is InChI=1S/C14H16Br2N2O/c1-8-12-6-17-5-9(12)7-18(8)14(19)11-3-2-10(15)4-13(11)16/h2-4,8-9,12,17H,5-7H2,1H3. The van der Waals surface area contributed by atoms with E-state index in [2.05, 4.69) is 44.1 Å². The highest BCUT2D eigenvalue weighted by Gasteiger charge is 2.43. The number of benzene rings is 1. The minimum atomic E-state index is 0.140. The number of hydrogen-bond donors (Lipinski definition) is 1. The summed E-state index contributed by atoms with van der Waals surface area (Å²) in [6.45, 7) is 5.12. The molecule has 1 N–H and O–H groups in total. The maximum Gasteiger partial charge on any atom is 0.255 e. The molecule has 2 saturated heterocycles. The van der Waals surface area contributed by atoms with Crippen LogP contribution in [0.2, 0.25) is 0 Å². The molecule has 5 heteroatoms. The maximum atomic E-state index is 12.7. The zero-order valence-corrected chi connectivity index (χ0v) is 13.9. The molecule has 2 aliphatic heterocycles. The van der Waals surface area contributed by atoms with Crippen LogP contribution in [0.4, 0.5) is 0 Å². The van der Waals surface area contributed by atoms with Gasteiger partial charge in [-0.15, -0.1) is 0 Å². The fourth-order valence-corrected chi connectivity index (χ4v) is 4.47. The van der Waals surface area contributed by atoms with Crippen molar-refractivity contribution in [3.8, 4) is 0 Å². The quantitative estimate of drug-likeness (QED) is 0.803. The SMILES string of the molecule is CC1C2CNCC2CN1C(=O)c1ccc(Br)cc1Br. The summed E-state index contributed by atoms with van der Waals surface area (Å²) in [6.07, 6.45) is 0. The Morgan fingerprint density at radius 3 is 2.84 bits per heavy atom. The van der Waals surface area contributed by atoms with E-state index < -0.39 is 0 Å². The van der Waals surface area contributed by atoms with Crippen molar-refractivity contribution in [2.24, 2.45) is 11.8 Å². The minimum Gasteiger partial charge on any atom is -0.335 e. The average molecular weight is 388 g/mol. The summed E-state index contributed by atoms with van der Waals surface area (Å²) < 4.78 is 1.83.